The molecule has 4 heteroatoms. The molecule has 1 aromatic rings. The van der Waals surface area contributed by atoms with Crippen LogP contribution in [0.3, 0.4) is 0 Å². The Balaban J connectivity index is 1.95. The van der Waals surface area contributed by atoms with Gasteiger partial charge in [-0.15, -0.1) is 0 Å². The average Bonchev–Trinajstić information content (AvgIpc) is 2.65. The zero-order valence-electron chi connectivity index (χ0n) is 6.73. The van der Waals surface area contributed by atoms with Gasteiger partial charge in [-0.2, -0.15) is 0 Å². The summed E-state index contributed by atoms with van der Waals surface area (Å²) in [6.07, 6.45) is 2.60. The normalized spacial score (nSPS) is 29.4. The largest absolute Gasteiger partial charge is 0.391 e. The molecule has 0 spiro atoms. The highest BCUT2D eigenvalue weighted by Gasteiger charge is 2.25. The summed E-state index contributed by atoms with van der Waals surface area (Å²) in [5.41, 5.74) is 0. The molecule has 2 N–H and O–H groups in total. The van der Waals surface area contributed by atoms with Gasteiger partial charge in [-0.1, -0.05) is 0 Å². The molecule has 0 amide bonds. The molecule has 0 saturated carbocycles. The Morgan fingerprint density at radius 1 is 1.67 bits per heavy atom. The van der Waals surface area contributed by atoms with E-state index in [0.29, 0.717) is 5.92 Å². The molecule has 0 bridgehead atoms. The molecule has 0 aliphatic carbocycles. The van der Waals surface area contributed by atoms with Gasteiger partial charge in [0.05, 0.1) is 6.10 Å². The van der Waals surface area contributed by atoms with Crippen molar-refractivity contribution < 1.29 is 5.11 Å². The molecule has 66 valence electrons. The summed E-state index contributed by atoms with van der Waals surface area (Å²) in [5.74, 6) is 0.380. The van der Waals surface area contributed by atoms with E-state index in [4.69, 9.17) is 0 Å². The Labute approximate surface area is 75.6 Å². The molecule has 2 heterocycles. The molecule has 2 atom stereocenters. The Bertz CT molecular complexity index is 237. The topological polar surface area (TPSA) is 45.1 Å². The van der Waals surface area contributed by atoms with Crippen LogP contribution in [0.25, 0.3) is 0 Å². The van der Waals surface area contributed by atoms with Crippen LogP contribution < -0.4 is 5.32 Å². The van der Waals surface area contributed by atoms with Crippen molar-refractivity contribution in [1.82, 2.24) is 9.69 Å². The summed E-state index contributed by atoms with van der Waals surface area (Å²) < 4.78 is 4.03. The fraction of sp³-hybridized carbons (Fsp3) is 0.625. The third kappa shape index (κ3) is 1.65. The zero-order valence-corrected chi connectivity index (χ0v) is 7.55. The number of hydrogen-bond acceptors (Lipinski definition) is 4. The maximum Gasteiger partial charge on any atom is 0.0708 e. The SMILES string of the molecule is OC1CNCC1Cc1ccns1. The van der Waals surface area contributed by atoms with E-state index in [-0.39, 0.29) is 6.10 Å². The molecule has 0 aromatic carbocycles. The molecule has 12 heavy (non-hydrogen) atoms. The van der Waals surface area contributed by atoms with Crippen molar-refractivity contribution in [2.45, 2.75) is 12.5 Å². The molecule has 1 aliphatic heterocycles. The number of aromatic nitrogens is 1. The zero-order chi connectivity index (χ0) is 8.39. The van der Waals surface area contributed by atoms with Crippen molar-refractivity contribution in [2.24, 2.45) is 5.92 Å². The number of hydrogen-bond donors (Lipinski definition) is 2. The van der Waals surface area contributed by atoms with Gasteiger partial charge >= 0.3 is 0 Å². The minimum Gasteiger partial charge on any atom is -0.391 e. The molecular formula is C8H12N2OS. The molecule has 1 saturated heterocycles. The predicted octanol–water partition coefficient (Wildman–Crippen LogP) is 0.266. The van der Waals surface area contributed by atoms with Gasteiger partial charge in [0.1, 0.15) is 0 Å². The minimum absolute atomic E-state index is 0.174. The fourth-order valence-electron chi connectivity index (χ4n) is 1.53. The second-order valence-corrected chi connectivity index (χ2v) is 4.09. The van der Waals surface area contributed by atoms with E-state index >= 15 is 0 Å². The van der Waals surface area contributed by atoms with Gasteiger partial charge in [-0.3, -0.25) is 0 Å². The summed E-state index contributed by atoms with van der Waals surface area (Å²) >= 11 is 1.52. The second-order valence-electron chi connectivity index (χ2n) is 3.17. The van der Waals surface area contributed by atoms with E-state index in [9.17, 15) is 5.11 Å². The maximum absolute atomic E-state index is 9.51. The van der Waals surface area contributed by atoms with E-state index in [2.05, 4.69) is 9.69 Å². The molecular weight excluding hydrogens is 172 g/mol. The summed E-state index contributed by atoms with van der Waals surface area (Å²) in [6.45, 7) is 1.67. The lowest BCUT2D eigenvalue weighted by molar-refractivity contribution is 0.148. The summed E-state index contributed by atoms with van der Waals surface area (Å²) in [6, 6.07) is 2.02. The summed E-state index contributed by atoms with van der Waals surface area (Å²) in [4.78, 5) is 1.27. The number of β-amino-alcohol motifs (C(OH)–C–C–N with tert-alkyl or cyclic N) is 1. The van der Waals surface area contributed by atoms with Gasteiger partial charge in [0.25, 0.3) is 0 Å². The number of rotatable bonds is 2. The number of aliphatic hydroxyl groups is 1. The van der Waals surface area contributed by atoms with Gasteiger partial charge in [-0.25, -0.2) is 4.37 Å². The van der Waals surface area contributed by atoms with E-state index in [0.717, 1.165) is 19.5 Å². The first-order valence-corrected chi connectivity index (χ1v) is 4.92. The lowest BCUT2D eigenvalue weighted by Crippen LogP contribution is -2.19. The summed E-state index contributed by atoms with van der Waals surface area (Å²) in [5, 5.41) is 12.7. The number of nitrogens with zero attached hydrogens (tertiary/aromatic N) is 1. The van der Waals surface area contributed by atoms with Crippen LogP contribution in [-0.4, -0.2) is 28.7 Å². The van der Waals surface area contributed by atoms with Crippen LogP contribution in [0.5, 0.6) is 0 Å². The monoisotopic (exact) mass is 184 g/mol. The van der Waals surface area contributed by atoms with Gasteiger partial charge in [-0.05, 0) is 24.0 Å². The van der Waals surface area contributed by atoms with E-state index in [1.54, 1.807) is 0 Å². The first-order chi connectivity index (χ1) is 5.86. The third-order valence-electron chi connectivity index (χ3n) is 2.26. The Kier molecular flexibility index (Phi) is 2.39. The van der Waals surface area contributed by atoms with Gasteiger partial charge in [0.15, 0.2) is 0 Å². The van der Waals surface area contributed by atoms with Crippen molar-refractivity contribution in [3.8, 4) is 0 Å². The van der Waals surface area contributed by atoms with Crippen LogP contribution in [0.2, 0.25) is 0 Å². The molecule has 0 radical (unpaired) electrons. The molecule has 1 aliphatic rings. The maximum atomic E-state index is 9.51. The van der Waals surface area contributed by atoms with Gasteiger partial charge in [0.2, 0.25) is 0 Å². The van der Waals surface area contributed by atoms with Crippen molar-refractivity contribution in [3.05, 3.63) is 17.1 Å². The van der Waals surface area contributed by atoms with Crippen molar-refractivity contribution >= 4 is 11.5 Å². The van der Waals surface area contributed by atoms with Crippen LogP contribution >= 0.6 is 11.5 Å². The summed E-state index contributed by atoms with van der Waals surface area (Å²) in [7, 11) is 0. The quantitative estimate of drug-likeness (QED) is 0.693. The average molecular weight is 184 g/mol. The predicted molar refractivity (Wildman–Crippen MR) is 48.2 cm³/mol. The van der Waals surface area contributed by atoms with Crippen LogP contribution in [0.15, 0.2) is 12.3 Å². The van der Waals surface area contributed by atoms with Crippen molar-refractivity contribution in [2.75, 3.05) is 13.1 Å². The lowest BCUT2D eigenvalue weighted by atomic mass is 10.0. The Hall–Kier alpha value is -0.450. The Morgan fingerprint density at radius 2 is 2.58 bits per heavy atom. The number of nitrogens with one attached hydrogen (secondary N) is 1. The van der Waals surface area contributed by atoms with Crippen molar-refractivity contribution in [1.29, 1.82) is 0 Å². The lowest BCUT2D eigenvalue weighted by Gasteiger charge is -2.10. The van der Waals surface area contributed by atoms with Crippen LogP contribution in [0, 0.1) is 5.92 Å². The van der Waals surface area contributed by atoms with Crippen molar-refractivity contribution in [3.63, 3.8) is 0 Å². The fourth-order valence-corrected chi connectivity index (χ4v) is 2.20. The highest BCUT2D eigenvalue weighted by atomic mass is 32.1. The molecule has 2 unspecified atom stereocenters. The molecule has 1 fully saturated rings. The van der Waals surface area contributed by atoms with Crippen LogP contribution in [-0.2, 0) is 6.42 Å². The first-order valence-electron chi connectivity index (χ1n) is 4.14. The van der Waals surface area contributed by atoms with Crippen LogP contribution in [0.1, 0.15) is 4.88 Å². The van der Waals surface area contributed by atoms with Crippen LogP contribution in [0.4, 0.5) is 0 Å². The van der Waals surface area contributed by atoms with E-state index < -0.39 is 0 Å². The smallest absolute Gasteiger partial charge is 0.0708 e. The molecule has 3 nitrogen and oxygen atoms in total. The first kappa shape index (κ1) is 8.16. The molecule has 1 aromatic heterocycles. The highest BCUT2D eigenvalue weighted by molar-refractivity contribution is 7.05. The third-order valence-corrected chi connectivity index (χ3v) is 3.02. The van der Waals surface area contributed by atoms with Gasteiger partial charge < -0.3 is 10.4 Å². The van der Waals surface area contributed by atoms with E-state index in [1.165, 1.54) is 16.4 Å². The standard InChI is InChI=1S/C8H12N2OS/c11-8-5-9-4-6(8)3-7-1-2-10-12-7/h1-2,6,8-9,11H,3-5H2. The Morgan fingerprint density at radius 3 is 3.17 bits per heavy atom. The second kappa shape index (κ2) is 3.51. The van der Waals surface area contributed by atoms with Gasteiger partial charge in [0, 0.05) is 30.1 Å². The highest BCUT2D eigenvalue weighted by Crippen LogP contribution is 2.17. The van der Waals surface area contributed by atoms with E-state index in [1.807, 2.05) is 12.3 Å². The minimum atomic E-state index is -0.174. The molecule has 2 rings (SSSR count). The number of aliphatic hydroxyl groups excluding tert-OH is 1.